The van der Waals surface area contributed by atoms with Crippen LogP contribution in [0.15, 0.2) is 40.9 Å². The molecule has 0 radical (unpaired) electrons. The number of hydrogen-bond donors (Lipinski definition) is 0. The first-order chi connectivity index (χ1) is 10.0. The summed E-state index contributed by atoms with van der Waals surface area (Å²) in [7, 11) is 1.32. The summed E-state index contributed by atoms with van der Waals surface area (Å²) in [4.78, 5) is 11.4. The Hall–Kier alpha value is -1.59. The summed E-state index contributed by atoms with van der Waals surface area (Å²) in [5, 5.41) is 0.303. The van der Waals surface area contributed by atoms with E-state index < -0.39 is 11.8 Å². The molecule has 0 unspecified atom stereocenters. The summed E-state index contributed by atoms with van der Waals surface area (Å²) in [6.45, 7) is 0.190. The normalized spacial score (nSPS) is 10.3. The molecular weight excluding hydrogens is 363 g/mol. The SMILES string of the molecule is COC(=O)c1ccc(OCc2ccc(F)cc2Cl)c(Br)c1. The Morgan fingerprint density at radius 2 is 2.05 bits per heavy atom. The molecule has 110 valence electrons. The van der Waals surface area contributed by atoms with Gasteiger partial charge in [0.25, 0.3) is 0 Å². The van der Waals surface area contributed by atoms with E-state index in [1.165, 1.54) is 19.2 Å². The van der Waals surface area contributed by atoms with Crippen LogP contribution in [-0.4, -0.2) is 13.1 Å². The van der Waals surface area contributed by atoms with E-state index in [-0.39, 0.29) is 6.61 Å². The molecule has 0 aliphatic rings. The van der Waals surface area contributed by atoms with Gasteiger partial charge in [-0.25, -0.2) is 9.18 Å². The number of hydrogen-bond acceptors (Lipinski definition) is 3. The fourth-order valence-electron chi connectivity index (χ4n) is 1.66. The van der Waals surface area contributed by atoms with Crippen LogP contribution < -0.4 is 4.74 Å². The van der Waals surface area contributed by atoms with Gasteiger partial charge in [-0.15, -0.1) is 0 Å². The third kappa shape index (κ3) is 3.95. The van der Waals surface area contributed by atoms with Crippen molar-refractivity contribution in [2.24, 2.45) is 0 Å². The minimum Gasteiger partial charge on any atom is -0.488 e. The van der Waals surface area contributed by atoms with E-state index in [1.807, 2.05) is 0 Å². The van der Waals surface area contributed by atoms with Crippen molar-refractivity contribution in [1.82, 2.24) is 0 Å². The highest BCUT2D eigenvalue weighted by molar-refractivity contribution is 9.10. The number of esters is 1. The molecule has 0 saturated carbocycles. The van der Waals surface area contributed by atoms with Gasteiger partial charge in [0.2, 0.25) is 0 Å². The van der Waals surface area contributed by atoms with Gasteiger partial charge in [0.15, 0.2) is 0 Å². The van der Waals surface area contributed by atoms with Crippen molar-refractivity contribution in [3.63, 3.8) is 0 Å². The highest BCUT2D eigenvalue weighted by Crippen LogP contribution is 2.28. The molecule has 0 N–H and O–H groups in total. The van der Waals surface area contributed by atoms with Gasteiger partial charge >= 0.3 is 5.97 Å². The van der Waals surface area contributed by atoms with Crippen LogP contribution in [-0.2, 0) is 11.3 Å². The number of carbonyl (C=O) groups is 1. The first kappa shape index (κ1) is 15.8. The molecule has 2 aromatic rings. The Balaban J connectivity index is 2.11. The van der Waals surface area contributed by atoms with Gasteiger partial charge in [0, 0.05) is 5.56 Å². The summed E-state index contributed by atoms with van der Waals surface area (Å²) in [5.41, 5.74) is 1.08. The zero-order valence-electron chi connectivity index (χ0n) is 11.0. The Morgan fingerprint density at radius 1 is 1.29 bits per heavy atom. The summed E-state index contributed by atoms with van der Waals surface area (Å²) in [6, 6.07) is 8.96. The largest absolute Gasteiger partial charge is 0.488 e. The maximum atomic E-state index is 13.0. The second-order valence-electron chi connectivity index (χ2n) is 4.16. The van der Waals surface area contributed by atoms with Crippen LogP contribution in [0.4, 0.5) is 4.39 Å². The van der Waals surface area contributed by atoms with E-state index in [2.05, 4.69) is 20.7 Å². The van der Waals surface area contributed by atoms with Crippen molar-refractivity contribution < 1.29 is 18.7 Å². The molecule has 0 bridgehead atoms. The first-order valence-electron chi connectivity index (χ1n) is 5.96. The minimum absolute atomic E-state index is 0.190. The molecule has 21 heavy (non-hydrogen) atoms. The molecule has 0 amide bonds. The standard InChI is InChI=1S/C15H11BrClFO3/c1-20-15(19)9-3-5-14(12(16)6-9)21-8-10-2-4-11(18)7-13(10)17/h2-7H,8H2,1H3. The molecule has 0 atom stereocenters. The number of ether oxygens (including phenoxy) is 2. The van der Waals surface area contributed by atoms with E-state index >= 15 is 0 Å². The van der Waals surface area contributed by atoms with Gasteiger partial charge in [-0.05, 0) is 46.3 Å². The summed E-state index contributed by atoms with van der Waals surface area (Å²) in [5.74, 6) is -0.278. The van der Waals surface area contributed by atoms with Gasteiger partial charge in [-0.2, -0.15) is 0 Å². The molecule has 2 rings (SSSR count). The van der Waals surface area contributed by atoms with Crippen molar-refractivity contribution in [2.75, 3.05) is 7.11 Å². The lowest BCUT2D eigenvalue weighted by Gasteiger charge is -2.10. The third-order valence-corrected chi connectivity index (χ3v) is 3.72. The van der Waals surface area contributed by atoms with Crippen molar-refractivity contribution in [1.29, 1.82) is 0 Å². The lowest BCUT2D eigenvalue weighted by molar-refractivity contribution is 0.0600. The average molecular weight is 374 g/mol. The quantitative estimate of drug-likeness (QED) is 0.734. The molecule has 0 spiro atoms. The second-order valence-corrected chi connectivity index (χ2v) is 5.42. The van der Waals surface area contributed by atoms with Crippen LogP contribution in [0.3, 0.4) is 0 Å². The maximum absolute atomic E-state index is 13.0. The molecule has 0 fully saturated rings. The van der Waals surface area contributed by atoms with Crippen molar-refractivity contribution in [3.05, 3.63) is 62.8 Å². The summed E-state index contributed by atoms with van der Waals surface area (Å²) < 4.78 is 23.8. The van der Waals surface area contributed by atoms with Crippen LogP contribution in [0.5, 0.6) is 5.75 Å². The molecular formula is C15H11BrClFO3. The number of benzene rings is 2. The Bertz CT molecular complexity index is 676. The molecule has 0 aliphatic heterocycles. The number of methoxy groups -OCH3 is 1. The van der Waals surface area contributed by atoms with Crippen molar-refractivity contribution >= 4 is 33.5 Å². The zero-order chi connectivity index (χ0) is 15.4. The molecule has 3 nitrogen and oxygen atoms in total. The lowest BCUT2D eigenvalue weighted by Crippen LogP contribution is -2.02. The lowest BCUT2D eigenvalue weighted by atomic mass is 10.2. The van der Waals surface area contributed by atoms with E-state index in [0.29, 0.717) is 26.4 Å². The third-order valence-electron chi connectivity index (χ3n) is 2.75. The molecule has 0 saturated heterocycles. The predicted octanol–water partition coefficient (Wildman–Crippen LogP) is 4.61. The van der Waals surface area contributed by atoms with Crippen LogP contribution >= 0.6 is 27.5 Å². The molecule has 0 aliphatic carbocycles. The molecule has 0 heterocycles. The Labute approximate surface area is 134 Å². The van der Waals surface area contributed by atoms with Crippen LogP contribution in [0.1, 0.15) is 15.9 Å². The summed E-state index contributed by atoms with van der Waals surface area (Å²) in [6.07, 6.45) is 0. The van der Waals surface area contributed by atoms with Gasteiger partial charge in [-0.1, -0.05) is 17.7 Å². The average Bonchev–Trinajstić information content (AvgIpc) is 2.46. The fraction of sp³-hybridized carbons (Fsp3) is 0.133. The Kier molecular flexibility index (Phi) is 5.20. The van der Waals surface area contributed by atoms with Gasteiger partial charge in [0.05, 0.1) is 22.2 Å². The number of halogens is 3. The van der Waals surface area contributed by atoms with E-state index in [9.17, 15) is 9.18 Å². The van der Waals surface area contributed by atoms with Gasteiger partial charge in [-0.3, -0.25) is 0 Å². The zero-order valence-corrected chi connectivity index (χ0v) is 13.4. The summed E-state index contributed by atoms with van der Waals surface area (Å²) >= 11 is 9.25. The number of carbonyl (C=O) groups excluding carboxylic acids is 1. The van der Waals surface area contributed by atoms with Crippen LogP contribution in [0.2, 0.25) is 5.02 Å². The van der Waals surface area contributed by atoms with Gasteiger partial charge < -0.3 is 9.47 Å². The topological polar surface area (TPSA) is 35.5 Å². The minimum atomic E-state index is -0.427. The van der Waals surface area contributed by atoms with Crippen LogP contribution in [0.25, 0.3) is 0 Å². The van der Waals surface area contributed by atoms with Crippen molar-refractivity contribution in [3.8, 4) is 5.75 Å². The number of rotatable bonds is 4. The van der Waals surface area contributed by atoms with Gasteiger partial charge in [0.1, 0.15) is 18.2 Å². The fourth-order valence-corrected chi connectivity index (χ4v) is 2.37. The smallest absolute Gasteiger partial charge is 0.337 e. The van der Waals surface area contributed by atoms with E-state index in [4.69, 9.17) is 16.3 Å². The highest BCUT2D eigenvalue weighted by atomic mass is 79.9. The van der Waals surface area contributed by atoms with Crippen molar-refractivity contribution in [2.45, 2.75) is 6.61 Å². The van der Waals surface area contributed by atoms with Crippen LogP contribution in [0, 0.1) is 5.82 Å². The predicted molar refractivity (Wildman–Crippen MR) is 81.2 cm³/mol. The van der Waals surface area contributed by atoms with E-state index in [0.717, 1.165) is 0 Å². The molecule has 0 aromatic heterocycles. The second kappa shape index (κ2) is 6.91. The molecule has 6 heteroatoms. The van der Waals surface area contributed by atoms with E-state index in [1.54, 1.807) is 24.3 Å². The monoisotopic (exact) mass is 372 g/mol. The maximum Gasteiger partial charge on any atom is 0.337 e. The first-order valence-corrected chi connectivity index (χ1v) is 7.13. The Morgan fingerprint density at radius 3 is 2.67 bits per heavy atom. The highest BCUT2D eigenvalue weighted by Gasteiger charge is 2.10. The molecule has 2 aromatic carbocycles.